The number of nitrogens with one attached hydrogen (secondary N) is 1. The summed E-state index contributed by atoms with van der Waals surface area (Å²) in [5, 5.41) is 13.0. The van der Waals surface area contributed by atoms with Gasteiger partial charge in [-0.05, 0) is 30.8 Å². The van der Waals surface area contributed by atoms with Gasteiger partial charge in [0, 0.05) is 19.2 Å². The predicted octanol–water partition coefficient (Wildman–Crippen LogP) is 1.67. The average molecular weight is 296 g/mol. The Morgan fingerprint density at radius 3 is 2.10 bits per heavy atom. The van der Waals surface area contributed by atoms with Crippen molar-refractivity contribution in [3.8, 4) is 11.5 Å². The summed E-state index contributed by atoms with van der Waals surface area (Å²) in [6.07, 6.45) is 0. The monoisotopic (exact) mass is 296 g/mol. The van der Waals surface area contributed by atoms with Crippen LogP contribution in [0, 0.1) is 0 Å². The summed E-state index contributed by atoms with van der Waals surface area (Å²) in [5.41, 5.74) is 0.966. The molecule has 0 amide bonds. The standard InChI is InChI=1S/C16H28N2O3/c1-5-18(6-2)8-7-17-16(12-19)13-9-14(20-3)11-15(10-13)21-4/h9-11,16-17,19H,5-8,12H2,1-4H3. The van der Waals surface area contributed by atoms with Gasteiger partial charge in [-0.15, -0.1) is 0 Å². The van der Waals surface area contributed by atoms with Crippen LogP contribution in [0.5, 0.6) is 11.5 Å². The fourth-order valence-electron chi connectivity index (χ4n) is 2.26. The zero-order valence-corrected chi connectivity index (χ0v) is 13.6. The molecular weight excluding hydrogens is 268 g/mol. The predicted molar refractivity (Wildman–Crippen MR) is 85.2 cm³/mol. The first-order chi connectivity index (χ1) is 10.2. The first-order valence-electron chi connectivity index (χ1n) is 7.48. The van der Waals surface area contributed by atoms with Crippen LogP contribution in [0.15, 0.2) is 18.2 Å². The molecular formula is C16H28N2O3. The van der Waals surface area contributed by atoms with E-state index < -0.39 is 0 Å². The van der Waals surface area contributed by atoms with Crippen molar-refractivity contribution in [3.63, 3.8) is 0 Å². The minimum Gasteiger partial charge on any atom is -0.497 e. The summed E-state index contributed by atoms with van der Waals surface area (Å²) >= 11 is 0. The van der Waals surface area contributed by atoms with E-state index >= 15 is 0 Å². The molecule has 0 aliphatic carbocycles. The number of hydrogen-bond acceptors (Lipinski definition) is 5. The Labute approximate surface area is 127 Å². The summed E-state index contributed by atoms with van der Waals surface area (Å²) in [5.74, 6) is 1.46. The van der Waals surface area contributed by atoms with Gasteiger partial charge in [0.25, 0.3) is 0 Å². The lowest BCUT2D eigenvalue weighted by molar-refractivity contribution is 0.233. The van der Waals surface area contributed by atoms with Gasteiger partial charge in [-0.2, -0.15) is 0 Å². The van der Waals surface area contributed by atoms with E-state index in [1.807, 2.05) is 18.2 Å². The summed E-state index contributed by atoms with van der Waals surface area (Å²) in [6, 6.07) is 5.56. The largest absolute Gasteiger partial charge is 0.497 e. The van der Waals surface area contributed by atoms with E-state index in [9.17, 15) is 5.11 Å². The SMILES string of the molecule is CCN(CC)CCNC(CO)c1cc(OC)cc(OC)c1. The van der Waals surface area contributed by atoms with E-state index in [0.717, 1.165) is 43.2 Å². The number of ether oxygens (including phenoxy) is 2. The lowest BCUT2D eigenvalue weighted by Gasteiger charge is -2.22. The van der Waals surface area contributed by atoms with Crippen molar-refractivity contribution in [1.82, 2.24) is 10.2 Å². The van der Waals surface area contributed by atoms with Crippen molar-refractivity contribution < 1.29 is 14.6 Å². The van der Waals surface area contributed by atoms with Crippen LogP contribution in [0.4, 0.5) is 0 Å². The number of aliphatic hydroxyl groups is 1. The molecule has 0 radical (unpaired) electrons. The molecule has 1 aromatic carbocycles. The highest BCUT2D eigenvalue weighted by atomic mass is 16.5. The molecule has 21 heavy (non-hydrogen) atoms. The topological polar surface area (TPSA) is 54.0 Å². The second-order valence-corrected chi connectivity index (χ2v) is 4.86. The molecule has 1 atom stereocenters. The number of hydrogen-bond donors (Lipinski definition) is 2. The summed E-state index contributed by atoms with van der Waals surface area (Å²) in [6.45, 7) is 8.20. The van der Waals surface area contributed by atoms with Crippen molar-refractivity contribution in [2.24, 2.45) is 0 Å². The van der Waals surface area contributed by atoms with Gasteiger partial charge in [-0.3, -0.25) is 0 Å². The van der Waals surface area contributed by atoms with E-state index in [2.05, 4.69) is 24.1 Å². The van der Waals surface area contributed by atoms with Crippen molar-refractivity contribution in [2.75, 3.05) is 47.0 Å². The van der Waals surface area contributed by atoms with Gasteiger partial charge in [-0.25, -0.2) is 0 Å². The van der Waals surface area contributed by atoms with Gasteiger partial charge < -0.3 is 24.8 Å². The molecule has 2 N–H and O–H groups in total. The fourth-order valence-corrected chi connectivity index (χ4v) is 2.26. The molecule has 5 nitrogen and oxygen atoms in total. The second-order valence-electron chi connectivity index (χ2n) is 4.86. The highest BCUT2D eigenvalue weighted by Crippen LogP contribution is 2.26. The summed E-state index contributed by atoms with van der Waals surface area (Å²) < 4.78 is 10.5. The van der Waals surface area contributed by atoms with Gasteiger partial charge in [-0.1, -0.05) is 13.8 Å². The van der Waals surface area contributed by atoms with Crippen LogP contribution in [0.3, 0.4) is 0 Å². The van der Waals surface area contributed by atoms with Crippen LogP contribution >= 0.6 is 0 Å². The molecule has 0 aliphatic heterocycles. The molecule has 0 bridgehead atoms. The van der Waals surface area contributed by atoms with Crippen LogP contribution in [0.2, 0.25) is 0 Å². The summed E-state index contributed by atoms with van der Waals surface area (Å²) in [7, 11) is 3.25. The number of benzene rings is 1. The zero-order valence-electron chi connectivity index (χ0n) is 13.6. The van der Waals surface area contributed by atoms with Crippen molar-refractivity contribution in [3.05, 3.63) is 23.8 Å². The maximum absolute atomic E-state index is 9.63. The van der Waals surface area contributed by atoms with E-state index in [0.29, 0.717) is 0 Å². The molecule has 1 unspecified atom stereocenters. The quantitative estimate of drug-likeness (QED) is 0.688. The molecule has 0 aromatic heterocycles. The van der Waals surface area contributed by atoms with Crippen LogP contribution in [-0.2, 0) is 0 Å². The van der Waals surface area contributed by atoms with Crippen molar-refractivity contribution in [1.29, 1.82) is 0 Å². The number of nitrogens with zero attached hydrogens (tertiary/aromatic N) is 1. The molecule has 1 rings (SSSR count). The molecule has 0 aliphatic rings. The number of likely N-dealkylation sites (N-methyl/N-ethyl adjacent to an activating group) is 1. The minimum absolute atomic E-state index is 0.0363. The highest BCUT2D eigenvalue weighted by Gasteiger charge is 2.13. The molecule has 0 spiro atoms. The van der Waals surface area contributed by atoms with Gasteiger partial charge in [0.2, 0.25) is 0 Å². The highest BCUT2D eigenvalue weighted by molar-refractivity contribution is 5.39. The molecule has 0 saturated carbocycles. The van der Waals surface area contributed by atoms with Crippen molar-refractivity contribution >= 4 is 0 Å². The van der Waals surface area contributed by atoms with Crippen LogP contribution < -0.4 is 14.8 Å². The average Bonchev–Trinajstić information content (AvgIpc) is 2.54. The second kappa shape index (κ2) is 9.60. The fraction of sp³-hybridized carbons (Fsp3) is 0.625. The molecule has 0 fully saturated rings. The lowest BCUT2D eigenvalue weighted by atomic mass is 10.1. The molecule has 0 saturated heterocycles. The van der Waals surface area contributed by atoms with Crippen LogP contribution in [-0.4, -0.2) is 57.0 Å². The van der Waals surface area contributed by atoms with Gasteiger partial charge >= 0.3 is 0 Å². The lowest BCUT2D eigenvalue weighted by Crippen LogP contribution is -2.34. The van der Waals surface area contributed by atoms with E-state index in [1.165, 1.54) is 0 Å². The Morgan fingerprint density at radius 1 is 1.10 bits per heavy atom. The third-order valence-corrected chi connectivity index (χ3v) is 3.67. The van der Waals surface area contributed by atoms with Crippen LogP contribution in [0.25, 0.3) is 0 Å². The van der Waals surface area contributed by atoms with Gasteiger partial charge in [0.1, 0.15) is 11.5 Å². The first kappa shape index (κ1) is 17.8. The first-order valence-corrected chi connectivity index (χ1v) is 7.48. The minimum atomic E-state index is -0.121. The molecule has 5 heteroatoms. The third kappa shape index (κ3) is 5.53. The van der Waals surface area contributed by atoms with E-state index in [1.54, 1.807) is 14.2 Å². The summed E-state index contributed by atoms with van der Waals surface area (Å²) in [4.78, 5) is 2.34. The maximum atomic E-state index is 9.63. The molecule has 120 valence electrons. The Kier molecular flexibility index (Phi) is 8.12. The Bertz CT molecular complexity index is 386. The Balaban J connectivity index is 2.70. The number of methoxy groups -OCH3 is 2. The normalized spacial score (nSPS) is 12.5. The zero-order chi connectivity index (χ0) is 15.7. The van der Waals surface area contributed by atoms with Gasteiger partial charge in [0.15, 0.2) is 0 Å². The number of rotatable bonds is 10. The van der Waals surface area contributed by atoms with E-state index in [4.69, 9.17) is 9.47 Å². The Hall–Kier alpha value is -1.30. The maximum Gasteiger partial charge on any atom is 0.122 e. The third-order valence-electron chi connectivity index (χ3n) is 3.67. The molecule has 0 heterocycles. The van der Waals surface area contributed by atoms with E-state index in [-0.39, 0.29) is 12.6 Å². The van der Waals surface area contributed by atoms with Crippen LogP contribution in [0.1, 0.15) is 25.5 Å². The van der Waals surface area contributed by atoms with Crippen molar-refractivity contribution in [2.45, 2.75) is 19.9 Å². The molecule has 1 aromatic rings. The number of aliphatic hydroxyl groups excluding tert-OH is 1. The smallest absolute Gasteiger partial charge is 0.122 e. The van der Waals surface area contributed by atoms with Gasteiger partial charge in [0.05, 0.1) is 26.9 Å². The Morgan fingerprint density at radius 2 is 1.67 bits per heavy atom.